The first-order valence-electron chi connectivity index (χ1n) is 9.81. The number of hydrogen-bond donors (Lipinski definition) is 0. The van der Waals surface area contributed by atoms with Crippen LogP contribution in [0.15, 0.2) is 45.7 Å². The van der Waals surface area contributed by atoms with Gasteiger partial charge in [-0.15, -0.1) is 22.6 Å². The van der Waals surface area contributed by atoms with E-state index >= 15 is 0 Å². The van der Waals surface area contributed by atoms with Gasteiger partial charge in [-0.1, -0.05) is 23.9 Å². The van der Waals surface area contributed by atoms with E-state index in [-0.39, 0.29) is 12.4 Å². The van der Waals surface area contributed by atoms with Crippen molar-refractivity contribution in [2.24, 2.45) is 0 Å². The van der Waals surface area contributed by atoms with Crippen LogP contribution in [0.4, 0.5) is 13.2 Å². The van der Waals surface area contributed by atoms with Crippen molar-refractivity contribution in [3.05, 3.63) is 47.2 Å². The number of likely N-dealkylation sites (N-methyl/N-ethyl adjacent to an activating group) is 1. The van der Waals surface area contributed by atoms with Crippen molar-refractivity contribution in [2.45, 2.75) is 40.7 Å². The average molecular weight is 532 g/mol. The molecule has 34 heavy (non-hydrogen) atoms. The molecule has 0 spiro atoms. The van der Waals surface area contributed by atoms with E-state index in [0.717, 1.165) is 35.0 Å². The fourth-order valence-corrected chi connectivity index (χ4v) is 4.52. The first-order valence-corrected chi connectivity index (χ1v) is 11.6. The van der Waals surface area contributed by atoms with E-state index in [1.165, 1.54) is 35.7 Å². The summed E-state index contributed by atoms with van der Waals surface area (Å²) in [6, 6.07) is 6.95. The number of benzene rings is 1. The predicted molar refractivity (Wildman–Crippen MR) is 124 cm³/mol. The van der Waals surface area contributed by atoms with Gasteiger partial charge in [-0.2, -0.15) is 22.7 Å². The van der Waals surface area contributed by atoms with E-state index in [4.69, 9.17) is 0 Å². The molecule has 15 heteroatoms. The molecule has 0 fully saturated rings. The van der Waals surface area contributed by atoms with Gasteiger partial charge in [-0.25, -0.2) is 9.67 Å². The van der Waals surface area contributed by atoms with Crippen molar-refractivity contribution >= 4 is 41.7 Å². The van der Waals surface area contributed by atoms with E-state index in [1.54, 1.807) is 9.20 Å². The smallest absolute Gasteiger partial charge is 0.308 e. The maximum Gasteiger partial charge on any atom is 0.416 e. The Morgan fingerprint density at radius 2 is 1.82 bits per heavy atom. The van der Waals surface area contributed by atoms with Gasteiger partial charge in [-0.05, 0) is 67.0 Å². The predicted octanol–water partition coefficient (Wildman–Crippen LogP) is 3.86. The number of thioether (sulfide) groups is 1. The summed E-state index contributed by atoms with van der Waals surface area (Å²) in [7, 11) is 3.96. The lowest BCUT2D eigenvalue weighted by atomic mass is 10.1. The summed E-state index contributed by atoms with van der Waals surface area (Å²) < 4.78 is 41.6. The van der Waals surface area contributed by atoms with Crippen LogP contribution in [0.25, 0.3) is 5.78 Å². The van der Waals surface area contributed by atoms with E-state index in [1.807, 2.05) is 32.0 Å². The van der Waals surface area contributed by atoms with Gasteiger partial charge >= 0.3 is 6.18 Å². The molecule has 0 aliphatic rings. The van der Waals surface area contributed by atoms with Crippen LogP contribution < -0.4 is 0 Å². The van der Waals surface area contributed by atoms with Crippen molar-refractivity contribution in [1.82, 2.24) is 44.7 Å². The number of alkyl halides is 3. The Morgan fingerprint density at radius 3 is 2.50 bits per heavy atom. The first kappa shape index (κ1) is 26.2. The third-order valence-corrected chi connectivity index (χ3v) is 6.37. The van der Waals surface area contributed by atoms with Crippen molar-refractivity contribution in [2.75, 3.05) is 20.6 Å². The molecule has 0 aliphatic heterocycles. The summed E-state index contributed by atoms with van der Waals surface area (Å²) >= 11 is 2.69. The van der Waals surface area contributed by atoms with Gasteiger partial charge in [0, 0.05) is 18.0 Å². The van der Waals surface area contributed by atoms with Crippen LogP contribution in [-0.4, -0.2) is 65.3 Å². The monoisotopic (exact) mass is 531 g/mol. The molecular formula is C19H21ClF3N9S2. The van der Waals surface area contributed by atoms with Crippen molar-refractivity contribution in [3.63, 3.8) is 0 Å². The molecule has 0 amide bonds. The molecule has 0 N–H and O–H groups in total. The highest BCUT2D eigenvalue weighted by atomic mass is 35.5. The van der Waals surface area contributed by atoms with Crippen LogP contribution in [0.1, 0.15) is 16.8 Å². The molecule has 3 heterocycles. The van der Waals surface area contributed by atoms with Crippen LogP contribution in [0.3, 0.4) is 0 Å². The number of rotatable bonds is 8. The molecular weight excluding hydrogens is 511 g/mol. The van der Waals surface area contributed by atoms with Gasteiger partial charge in [0.05, 0.1) is 12.1 Å². The standard InChI is InChI=1S/C19H20F3N9S2.ClH/c1-12-10-15(33-18-25-27-28-30(18)9-8-29(2)3)31-16(23-12)24-17(26-31)32-11-13-4-6-14(7-5-13)19(20,21)22;/h4-7,10H,8-9,11H2,1-3H3;1H. The third kappa shape index (κ3) is 6.37. The zero-order valence-electron chi connectivity index (χ0n) is 18.4. The van der Waals surface area contributed by atoms with E-state index in [2.05, 4.69) is 30.6 Å². The van der Waals surface area contributed by atoms with Gasteiger partial charge in [0.2, 0.25) is 10.3 Å². The zero-order valence-corrected chi connectivity index (χ0v) is 20.8. The molecule has 1 aromatic carbocycles. The van der Waals surface area contributed by atoms with Gasteiger partial charge in [-0.3, -0.25) is 0 Å². The summed E-state index contributed by atoms with van der Waals surface area (Å²) in [6.07, 6.45) is -4.35. The van der Waals surface area contributed by atoms with E-state index in [0.29, 0.717) is 28.4 Å². The number of nitrogens with zero attached hydrogens (tertiary/aromatic N) is 9. The average Bonchev–Trinajstić information content (AvgIpc) is 3.36. The summed E-state index contributed by atoms with van der Waals surface area (Å²) in [4.78, 5) is 10.9. The molecule has 0 unspecified atom stereocenters. The van der Waals surface area contributed by atoms with E-state index in [9.17, 15) is 13.2 Å². The fraction of sp³-hybridized carbons (Fsp3) is 0.368. The van der Waals surface area contributed by atoms with Crippen molar-refractivity contribution in [1.29, 1.82) is 0 Å². The lowest BCUT2D eigenvalue weighted by Gasteiger charge is -2.10. The summed E-state index contributed by atoms with van der Waals surface area (Å²) in [6.45, 7) is 3.29. The topological polar surface area (TPSA) is 89.9 Å². The Morgan fingerprint density at radius 1 is 1.09 bits per heavy atom. The molecule has 0 atom stereocenters. The highest BCUT2D eigenvalue weighted by Crippen LogP contribution is 2.31. The summed E-state index contributed by atoms with van der Waals surface area (Å²) in [5, 5.41) is 18.3. The summed E-state index contributed by atoms with van der Waals surface area (Å²) in [5.41, 5.74) is 0.839. The van der Waals surface area contributed by atoms with Crippen molar-refractivity contribution in [3.8, 4) is 0 Å². The number of fused-ring (bicyclic) bond motifs is 1. The molecule has 3 aromatic heterocycles. The van der Waals surface area contributed by atoms with Crippen LogP contribution in [-0.2, 0) is 18.5 Å². The maximum atomic E-state index is 12.7. The van der Waals surface area contributed by atoms with Gasteiger partial charge < -0.3 is 4.90 Å². The number of halogens is 4. The molecule has 0 saturated carbocycles. The first-order chi connectivity index (χ1) is 15.7. The number of aryl methyl sites for hydroxylation is 1. The molecule has 0 radical (unpaired) electrons. The molecule has 4 rings (SSSR count). The molecule has 0 aliphatic carbocycles. The van der Waals surface area contributed by atoms with Crippen LogP contribution >= 0.6 is 35.9 Å². The second-order valence-corrected chi connectivity index (χ2v) is 9.35. The normalized spacial score (nSPS) is 11.9. The van der Waals surface area contributed by atoms with Crippen molar-refractivity contribution < 1.29 is 13.2 Å². The lowest BCUT2D eigenvalue weighted by molar-refractivity contribution is -0.137. The third-order valence-electron chi connectivity index (χ3n) is 4.49. The minimum absolute atomic E-state index is 0. The molecule has 9 nitrogen and oxygen atoms in total. The minimum Gasteiger partial charge on any atom is -0.308 e. The Labute approximate surface area is 207 Å². The number of tetrazole rings is 1. The Hall–Kier alpha value is -2.42. The second-order valence-electron chi connectivity index (χ2n) is 7.42. The maximum absolute atomic E-state index is 12.7. The lowest BCUT2D eigenvalue weighted by Crippen LogP contribution is -2.19. The molecule has 4 aromatic rings. The SMILES string of the molecule is Cc1cc(Sc2nnnn2CCN(C)C)n2nc(SCc3ccc(C(F)(F)F)cc3)nc2n1.Cl. The Bertz CT molecular complexity index is 1240. The number of aromatic nitrogens is 8. The Kier molecular flexibility index (Phi) is 8.38. The molecule has 0 bridgehead atoms. The fourth-order valence-electron chi connectivity index (χ4n) is 2.81. The summed E-state index contributed by atoms with van der Waals surface area (Å²) in [5.74, 6) is 0.860. The minimum atomic E-state index is -4.35. The van der Waals surface area contributed by atoms with Gasteiger partial charge in [0.15, 0.2) is 0 Å². The second kappa shape index (κ2) is 10.9. The van der Waals surface area contributed by atoms with Gasteiger partial charge in [0.25, 0.3) is 5.78 Å². The quantitative estimate of drug-likeness (QED) is 0.248. The molecule has 0 saturated heterocycles. The van der Waals surface area contributed by atoms with Gasteiger partial charge in [0.1, 0.15) is 5.03 Å². The van der Waals surface area contributed by atoms with E-state index < -0.39 is 11.7 Å². The van der Waals surface area contributed by atoms with Crippen LogP contribution in [0, 0.1) is 6.92 Å². The van der Waals surface area contributed by atoms with Crippen LogP contribution in [0.2, 0.25) is 0 Å². The zero-order chi connectivity index (χ0) is 23.6. The number of hydrogen-bond acceptors (Lipinski definition) is 9. The molecule has 182 valence electrons. The van der Waals surface area contributed by atoms with Crippen LogP contribution in [0.5, 0.6) is 0 Å². The Balaban J connectivity index is 0.00000324. The largest absolute Gasteiger partial charge is 0.416 e. The highest BCUT2D eigenvalue weighted by Gasteiger charge is 2.29. The highest BCUT2D eigenvalue weighted by molar-refractivity contribution is 7.99.